The maximum absolute atomic E-state index is 6.04. The Kier molecular flexibility index (Phi) is 4.01. The maximum Gasteiger partial charge on any atom is 0.208 e. The molecule has 0 bridgehead atoms. The van der Waals surface area contributed by atoms with Gasteiger partial charge in [-0.25, -0.2) is 0 Å². The van der Waals surface area contributed by atoms with Crippen molar-refractivity contribution in [1.29, 1.82) is 0 Å². The van der Waals surface area contributed by atoms with Crippen molar-refractivity contribution in [3.63, 3.8) is 0 Å². The number of hydrogen-bond acceptors (Lipinski definition) is 7. The molecule has 2 N–H and O–H groups in total. The van der Waals surface area contributed by atoms with Gasteiger partial charge in [0.05, 0.1) is 11.9 Å². The summed E-state index contributed by atoms with van der Waals surface area (Å²) < 4.78 is 6.39. The van der Waals surface area contributed by atoms with Gasteiger partial charge in [0.25, 0.3) is 0 Å². The first kappa shape index (κ1) is 12.1. The average Bonchev–Trinajstić information content (AvgIpc) is 2.70. The van der Waals surface area contributed by atoms with Crippen molar-refractivity contribution in [2.75, 3.05) is 32.2 Å². The third-order valence-corrected chi connectivity index (χ3v) is 4.88. The average molecular weight is 260 g/mol. The zero-order valence-electron chi connectivity index (χ0n) is 9.42. The van der Waals surface area contributed by atoms with Crippen molar-refractivity contribution < 1.29 is 4.74 Å². The van der Waals surface area contributed by atoms with E-state index in [4.69, 9.17) is 10.5 Å². The molecule has 1 aliphatic heterocycles. The van der Waals surface area contributed by atoms with E-state index in [2.05, 4.69) is 10.2 Å². The quantitative estimate of drug-likeness (QED) is 0.868. The van der Waals surface area contributed by atoms with Gasteiger partial charge >= 0.3 is 0 Å². The second-order valence-electron chi connectivity index (χ2n) is 3.93. The van der Waals surface area contributed by atoms with Gasteiger partial charge in [-0.05, 0) is 6.42 Å². The predicted molar refractivity (Wildman–Crippen MR) is 67.3 cm³/mol. The number of thioether (sulfide) groups is 1. The highest BCUT2D eigenvalue weighted by atomic mass is 32.2. The van der Waals surface area contributed by atoms with E-state index in [0.29, 0.717) is 11.9 Å². The summed E-state index contributed by atoms with van der Waals surface area (Å²) in [6, 6.07) is 0.199. The largest absolute Gasteiger partial charge is 0.380 e. The van der Waals surface area contributed by atoms with Gasteiger partial charge in [0.1, 0.15) is 0 Å². The van der Waals surface area contributed by atoms with Crippen LogP contribution in [0, 0.1) is 0 Å². The standard InChI is InChI=1S/C9H16N4OS2/c1-13(2)8-11-12-9(16-8)15-7-5-14-4-3-6(7)10/h6-7H,3-5,10H2,1-2H3. The number of ether oxygens (including phenoxy) is 1. The van der Waals surface area contributed by atoms with E-state index in [1.165, 1.54) is 0 Å². The summed E-state index contributed by atoms with van der Waals surface area (Å²) in [6.07, 6.45) is 0.928. The second-order valence-corrected chi connectivity index (χ2v) is 6.37. The van der Waals surface area contributed by atoms with Crippen molar-refractivity contribution in [2.24, 2.45) is 5.73 Å². The third-order valence-electron chi connectivity index (χ3n) is 2.39. The van der Waals surface area contributed by atoms with E-state index in [-0.39, 0.29) is 6.04 Å². The van der Waals surface area contributed by atoms with Crippen LogP contribution in [0.5, 0.6) is 0 Å². The number of aromatic nitrogens is 2. The molecule has 0 aromatic carbocycles. The molecule has 0 aliphatic carbocycles. The van der Waals surface area contributed by atoms with E-state index in [0.717, 1.165) is 22.5 Å². The summed E-state index contributed by atoms with van der Waals surface area (Å²) in [7, 11) is 3.93. The molecule has 0 radical (unpaired) electrons. The molecule has 90 valence electrons. The summed E-state index contributed by atoms with van der Waals surface area (Å²) in [5.74, 6) is 0. The van der Waals surface area contributed by atoms with Crippen LogP contribution in [0.25, 0.3) is 0 Å². The fourth-order valence-corrected chi connectivity index (χ4v) is 3.52. The first-order valence-corrected chi connectivity index (χ1v) is 6.87. The van der Waals surface area contributed by atoms with Crippen molar-refractivity contribution >= 4 is 28.2 Å². The lowest BCUT2D eigenvalue weighted by molar-refractivity contribution is 0.0916. The molecule has 1 aliphatic rings. The van der Waals surface area contributed by atoms with Crippen LogP contribution in [-0.4, -0.2) is 48.8 Å². The number of rotatable bonds is 3. The van der Waals surface area contributed by atoms with Crippen LogP contribution < -0.4 is 10.6 Å². The van der Waals surface area contributed by atoms with Gasteiger partial charge in [-0.1, -0.05) is 23.1 Å². The van der Waals surface area contributed by atoms with Gasteiger partial charge in [0.2, 0.25) is 5.13 Å². The van der Waals surface area contributed by atoms with E-state index >= 15 is 0 Å². The van der Waals surface area contributed by atoms with E-state index < -0.39 is 0 Å². The molecule has 0 amide bonds. The lowest BCUT2D eigenvalue weighted by Gasteiger charge is -2.26. The Labute approximate surface area is 103 Å². The fraction of sp³-hybridized carbons (Fsp3) is 0.778. The number of hydrogen-bond donors (Lipinski definition) is 1. The van der Waals surface area contributed by atoms with Gasteiger partial charge in [-0.3, -0.25) is 0 Å². The lowest BCUT2D eigenvalue weighted by Crippen LogP contribution is -2.40. The van der Waals surface area contributed by atoms with Crippen molar-refractivity contribution in [2.45, 2.75) is 22.1 Å². The molecule has 16 heavy (non-hydrogen) atoms. The van der Waals surface area contributed by atoms with Crippen LogP contribution in [0.4, 0.5) is 5.13 Å². The predicted octanol–water partition coefficient (Wildman–Crippen LogP) is 0.812. The summed E-state index contributed by atoms with van der Waals surface area (Å²) >= 11 is 3.27. The second kappa shape index (κ2) is 5.31. The minimum atomic E-state index is 0.199. The van der Waals surface area contributed by atoms with Crippen LogP contribution in [0.2, 0.25) is 0 Å². The Balaban J connectivity index is 1.97. The molecule has 7 heteroatoms. The van der Waals surface area contributed by atoms with E-state index in [1.54, 1.807) is 23.1 Å². The van der Waals surface area contributed by atoms with Crippen molar-refractivity contribution in [3.05, 3.63) is 0 Å². The summed E-state index contributed by atoms with van der Waals surface area (Å²) in [6.45, 7) is 1.49. The first-order valence-electron chi connectivity index (χ1n) is 5.17. The smallest absolute Gasteiger partial charge is 0.208 e. The molecule has 5 nitrogen and oxygen atoms in total. The molecule has 1 fully saturated rings. The van der Waals surface area contributed by atoms with Gasteiger partial charge in [0, 0.05) is 26.7 Å². The van der Waals surface area contributed by atoms with Crippen LogP contribution in [0.1, 0.15) is 6.42 Å². The Morgan fingerprint density at radius 2 is 2.31 bits per heavy atom. The Morgan fingerprint density at radius 3 is 2.94 bits per heavy atom. The molecule has 1 saturated heterocycles. The minimum Gasteiger partial charge on any atom is -0.380 e. The maximum atomic E-state index is 6.04. The van der Waals surface area contributed by atoms with Crippen molar-refractivity contribution in [1.82, 2.24) is 10.2 Å². The summed E-state index contributed by atoms with van der Waals surface area (Å²) in [5, 5.41) is 9.47. The molecule has 1 aromatic heterocycles. The van der Waals surface area contributed by atoms with Crippen LogP contribution >= 0.6 is 23.1 Å². The molecule has 2 atom stereocenters. The summed E-state index contributed by atoms with van der Waals surface area (Å²) in [5.41, 5.74) is 6.04. The van der Waals surface area contributed by atoms with Gasteiger partial charge in [-0.15, -0.1) is 10.2 Å². The summed E-state index contributed by atoms with van der Waals surface area (Å²) in [4.78, 5) is 1.96. The zero-order valence-corrected chi connectivity index (χ0v) is 11.1. The van der Waals surface area contributed by atoms with Gasteiger partial charge in [0.15, 0.2) is 4.34 Å². The van der Waals surface area contributed by atoms with Crippen molar-refractivity contribution in [3.8, 4) is 0 Å². The fourth-order valence-electron chi connectivity index (χ4n) is 1.41. The number of nitrogens with zero attached hydrogens (tertiary/aromatic N) is 3. The highest BCUT2D eigenvalue weighted by Gasteiger charge is 2.25. The first-order chi connectivity index (χ1) is 7.66. The molecule has 2 unspecified atom stereocenters. The lowest BCUT2D eigenvalue weighted by atomic mass is 10.1. The van der Waals surface area contributed by atoms with Crippen LogP contribution in [0.3, 0.4) is 0 Å². The van der Waals surface area contributed by atoms with Crippen LogP contribution in [-0.2, 0) is 4.74 Å². The third kappa shape index (κ3) is 2.85. The minimum absolute atomic E-state index is 0.199. The topological polar surface area (TPSA) is 64.3 Å². The molecule has 0 saturated carbocycles. The number of nitrogens with two attached hydrogens (primary N) is 1. The molecular formula is C9H16N4OS2. The molecule has 2 heterocycles. The normalized spacial score (nSPS) is 25.7. The highest BCUT2D eigenvalue weighted by Crippen LogP contribution is 2.32. The van der Waals surface area contributed by atoms with E-state index in [1.807, 2.05) is 19.0 Å². The van der Waals surface area contributed by atoms with Gasteiger partial charge in [-0.2, -0.15) is 0 Å². The number of anilines is 1. The highest BCUT2D eigenvalue weighted by molar-refractivity contribution is 8.01. The molecule has 0 spiro atoms. The Bertz CT molecular complexity index is 344. The Morgan fingerprint density at radius 1 is 1.50 bits per heavy atom. The molecular weight excluding hydrogens is 244 g/mol. The molecule has 2 rings (SSSR count). The Hall–Kier alpha value is -0.370. The zero-order chi connectivity index (χ0) is 11.5. The van der Waals surface area contributed by atoms with Crippen LogP contribution in [0.15, 0.2) is 4.34 Å². The molecule has 1 aromatic rings. The van der Waals surface area contributed by atoms with E-state index in [9.17, 15) is 0 Å². The monoisotopic (exact) mass is 260 g/mol. The van der Waals surface area contributed by atoms with Gasteiger partial charge < -0.3 is 15.4 Å². The SMILES string of the molecule is CN(C)c1nnc(SC2COCCC2N)s1.